The number of oxazole rings is 1. The number of aryl methyl sites for hydroxylation is 1. The van der Waals surface area contributed by atoms with Gasteiger partial charge in [0.1, 0.15) is 0 Å². The molecule has 3 rings (SSSR count). The van der Waals surface area contributed by atoms with Crippen LogP contribution in [0.15, 0.2) is 34.9 Å². The zero-order valence-corrected chi connectivity index (χ0v) is 14.7. The molecule has 1 aromatic carbocycles. The first kappa shape index (κ1) is 17.0. The Kier molecular flexibility index (Phi) is 5.56. The molecule has 2 unspecified atom stereocenters. The van der Waals surface area contributed by atoms with E-state index in [1.165, 1.54) is 12.8 Å². The second-order valence-corrected chi connectivity index (χ2v) is 7.10. The van der Waals surface area contributed by atoms with Gasteiger partial charge in [-0.05, 0) is 43.0 Å². The maximum absolute atomic E-state index is 12.1. The van der Waals surface area contributed by atoms with Crippen molar-refractivity contribution in [2.45, 2.75) is 51.5 Å². The van der Waals surface area contributed by atoms with Crippen molar-refractivity contribution in [3.63, 3.8) is 0 Å². The Morgan fingerprint density at radius 3 is 2.88 bits per heavy atom. The van der Waals surface area contributed by atoms with E-state index in [4.69, 9.17) is 16.0 Å². The van der Waals surface area contributed by atoms with Gasteiger partial charge in [-0.25, -0.2) is 4.98 Å². The summed E-state index contributed by atoms with van der Waals surface area (Å²) >= 11 is 5.89. The van der Waals surface area contributed by atoms with E-state index in [0.717, 1.165) is 18.4 Å². The van der Waals surface area contributed by atoms with E-state index in [1.807, 2.05) is 24.3 Å². The highest BCUT2D eigenvalue weighted by Crippen LogP contribution is 2.24. The summed E-state index contributed by atoms with van der Waals surface area (Å²) in [7, 11) is 0. The lowest BCUT2D eigenvalue weighted by atomic mass is 9.87. The molecule has 1 aromatic heterocycles. The number of hydrogen-bond acceptors (Lipinski definition) is 3. The van der Waals surface area contributed by atoms with Gasteiger partial charge in [0.15, 0.2) is 11.7 Å². The van der Waals surface area contributed by atoms with Crippen LogP contribution in [-0.2, 0) is 11.2 Å². The maximum atomic E-state index is 12.1. The van der Waals surface area contributed by atoms with Crippen molar-refractivity contribution in [3.8, 4) is 11.3 Å². The highest BCUT2D eigenvalue weighted by Gasteiger charge is 2.20. The number of rotatable bonds is 5. The highest BCUT2D eigenvalue weighted by atomic mass is 35.5. The number of halogens is 1. The second-order valence-electron chi connectivity index (χ2n) is 6.66. The summed E-state index contributed by atoms with van der Waals surface area (Å²) in [4.78, 5) is 16.4. The molecule has 24 heavy (non-hydrogen) atoms. The van der Waals surface area contributed by atoms with Crippen molar-refractivity contribution in [2.24, 2.45) is 5.92 Å². The third-order valence-corrected chi connectivity index (χ3v) is 4.80. The summed E-state index contributed by atoms with van der Waals surface area (Å²) in [5, 5.41) is 3.83. The van der Waals surface area contributed by atoms with Crippen molar-refractivity contribution in [3.05, 3.63) is 41.4 Å². The van der Waals surface area contributed by atoms with Gasteiger partial charge in [0, 0.05) is 29.5 Å². The Labute approximate surface area is 147 Å². The smallest absolute Gasteiger partial charge is 0.220 e. The molecule has 1 N–H and O–H groups in total. The first-order valence-electron chi connectivity index (χ1n) is 8.60. The summed E-state index contributed by atoms with van der Waals surface area (Å²) < 4.78 is 5.73. The Morgan fingerprint density at radius 2 is 2.12 bits per heavy atom. The molecule has 4 nitrogen and oxygen atoms in total. The molecule has 2 atom stereocenters. The third kappa shape index (κ3) is 4.60. The summed E-state index contributed by atoms with van der Waals surface area (Å²) in [5.41, 5.74) is 0.929. The van der Waals surface area contributed by atoms with Crippen molar-refractivity contribution < 1.29 is 9.21 Å². The van der Waals surface area contributed by atoms with E-state index in [0.29, 0.717) is 41.5 Å². The van der Waals surface area contributed by atoms with Gasteiger partial charge < -0.3 is 9.73 Å². The third-order valence-electron chi connectivity index (χ3n) is 4.55. The van der Waals surface area contributed by atoms with Gasteiger partial charge in [0.05, 0.1) is 6.20 Å². The van der Waals surface area contributed by atoms with Crippen LogP contribution < -0.4 is 5.32 Å². The van der Waals surface area contributed by atoms with Crippen LogP contribution in [0.5, 0.6) is 0 Å². The molecule has 0 radical (unpaired) electrons. The van der Waals surface area contributed by atoms with Gasteiger partial charge in [-0.3, -0.25) is 4.79 Å². The standard InChI is InChI=1S/C19H23ClN2O2/c1-13-3-2-4-16(11-13)22-18(23)9-10-19-21-12-17(24-19)14-5-7-15(20)8-6-14/h5-8,12-13,16H,2-4,9-11H2,1H3,(H,22,23). The van der Waals surface area contributed by atoms with Gasteiger partial charge in [0.2, 0.25) is 5.91 Å². The van der Waals surface area contributed by atoms with Gasteiger partial charge >= 0.3 is 0 Å². The zero-order valence-electron chi connectivity index (χ0n) is 13.9. The van der Waals surface area contributed by atoms with E-state index in [9.17, 15) is 4.79 Å². The molecule has 0 aliphatic heterocycles. The fraction of sp³-hybridized carbons (Fsp3) is 0.474. The lowest BCUT2D eigenvalue weighted by molar-refractivity contribution is -0.122. The van der Waals surface area contributed by atoms with Crippen LogP contribution in [0.3, 0.4) is 0 Å². The highest BCUT2D eigenvalue weighted by molar-refractivity contribution is 6.30. The first-order chi connectivity index (χ1) is 11.6. The second kappa shape index (κ2) is 7.84. The summed E-state index contributed by atoms with van der Waals surface area (Å²) in [5.74, 6) is 2.08. The predicted octanol–water partition coefficient (Wildman–Crippen LogP) is 4.62. The quantitative estimate of drug-likeness (QED) is 0.859. The number of nitrogens with zero attached hydrogens (tertiary/aromatic N) is 1. The zero-order chi connectivity index (χ0) is 16.9. The van der Waals surface area contributed by atoms with Gasteiger partial charge in [-0.2, -0.15) is 0 Å². The minimum Gasteiger partial charge on any atom is -0.441 e. The van der Waals surface area contributed by atoms with E-state index in [2.05, 4.69) is 17.2 Å². The van der Waals surface area contributed by atoms with Crippen molar-refractivity contribution in [1.82, 2.24) is 10.3 Å². The van der Waals surface area contributed by atoms with Crippen LogP contribution in [0.2, 0.25) is 5.02 Å². The summed E-state index contributed by atoms with van der Waals surface area (Å²) in [6.07, 6.45) is 7.28. The molecule has 5 heteroatoms. The van der Waals surface area contributed by atoms with Crippen molar-refractivity contribution in [2.75, 3.05) is 0 Å². The monoisotopic (exact) mass is 346 g/mol. The van der Waals surface area contributed by atoms with Crippen LogP contribution in [0.25, 0.3) is 11.3 Å². The molecule has 1 fully saturated rings. The summed E-state index contributed by atoms with van der Waals surface area (Å²) in [6, 6.07) is 7.75. The van der Waals surface area contributed by atoms with E-state index in [-0.39, 0.29) is 5.91 Å². The van der Waals surface area contributed by atoms with Gasteiger partial charge in [-0.15, -0.1) is 0 Å². The number of carbonyl (C=O) groups is 1. The van der Waals surface area contributed by atoms with E-state index < -0.39 is 0 Å². The van der Waals surface area contributed by atoms with Crippen LogP contribution in [0.1, 0.15) is 44.9 Å². The molecule has 1 amide bonds. The van der Waals surface area contributed by atoms with Crippen molar-refractivity contribution >= 4 is 17.5 Å². The van der Waals surface area contributed by atoms with Crippen LogP contribution in [-0.4, -0.2) is 16.9 Å². The lowest BCUT2D eigenvalue weighted by Gasteiger charge is -2.27. The molecule has 0 bridgehead atoms. The number of carbonyl (C=O) groups excluding carboxylic acids is 1. The fourth-order valence-corrected chi connectivity index (χ4v) is 3.38. The molecular weight excluding hydrogens is 324 g/mol. The average Bonchev–Trinajstić information content (AvgIpc) is 3.03. The molecular formula is C19H23ClN2O2. The Morgan fingerprint density at radius 1 is 1.33 bits per heavy atom. The van der Waals surface area contributed by atoms with Crippen LogP contribution >= 0.6 is 11.6 Å². The molecule has 0 saturated heterocycles. The molecule has 128 valence electrons. The lowest BCUT2D eigenvalue weighted by Crippen LogP contribution is -2.38. The van der Waals surface area contributed by atoms with Gasteiger partial charge in [-0.1, -0.05) is 31.4 Å². The van der Waals surface area contributed by atoms with Crippen LogP contribution in [0, 0.1) is 5.92 Å². The van der Waals surface area contributed by atoms with Crippen molar-refractivity contribution in [1.29, 1.82) is 0 Å². The molecule has 1 saturated carbocycles. The maximum Gasteiger partial charge on any atom is 0.220 e. The number of aromatic nitrogens is 1. The Hall–Kier alpha value is -1.81. The number of nitrogens with one attached hydrogen (secondary N) is 1. The van der Waals surface area contributed by atoms with E-state index >= 15 is 0 Å². The Bertz CT molecular complexity index is 681. The van der Waals surface area contributed by atoms with Crippen LogP contribution in [0.4, 0.5) is 0 Å². The molecule has 1 aliphatic carbocycles. The minimum absolute atomic E-state index is 0.0837. The van der Waals surface area contributed by atoms with E-state index in [1.54, 1.807) is 6.20 Å². The first-order valence-corrected chi connectivity index (χ1v) is 8.98. The normalized spacial score (nSPS) is 20.8. The Balaban J connectivity index is 1.50. The molecule has 1 heterocycles. The number of benzene rings is 1. The number of amides is 1. The predicted molar refractivity (Wildman–Crippen MR) is 94.8 cm³/mol. The average molecular weight is 347 g/mol. The molecule has 0 spiro atoms. The number of hydrogen-bond donors (Lipinski definition) is 1. The minimum atomic E-state index is 0.0837. The van der Waals surface area contributed by atoms with Gasteiger partial charge in [0.25, 0.3) is 0 Å². The largest absolute Gasteiger partial charge is 0.441 e. The molecule has 2 aromatic rings. The fourth-order valence-electron chi connectivity index (χ4n) is 3.26. The topological polar surface area (TPSA) is 55.1 Å². The summed E-state index contributed by atoms with van der Waals surface area (Å²) in [6.45, 7) is 2.25. The SMILES string of the molecule is CC1CCCC(NC(=O)CCc2ncc(-c3ccc(Cl)cc3)o2)C1. The molecule has 1 aliphatic rings.